The molecule has 5 rings (SSSR count). The van der Waals surface area contributed by atoms with E-state index in [-0.39, 0.29) is 10.8 Å². The number of hydrogen-bond donors (Lipinski definition) is 0. The van der Waals surface area contributed by atoms with Crippen LogP contribution >= 0.6 is 0 Å². The number of fused-ring (bicyclic) bond motifs is 3. The molecule has 6 heteroatoms. The summed E-state index contributed by atoms with van der Waals surface area (Å²) in [7, 11) is 0. The van der Waals surface area contributed by atoms with E-state index in [4.69, 9.17) is 18.9 Å². The molecule has 0 amide bonds. The molecule has 0 aromatic heterocycles. The number of carbonyl (C=O) groups excluding carboxylic acids is 2. The molecule has 0 saturated heterocycles. The second kappa shape index (κ2) is 12.4. The normalized spacial score (nSPS) is 14.0. The van der Waals surface area contributed by atoms with Crippen LogP contribution in [-0.2, 0) is 25.7 Å². The molecule has 0 unspecified atom stereocenters. The molecule has 0 heterocycles. The van der Waals surface area contributed by atoms with Crippen molar-refractivity contribution >= 4 is 12.3 Å². The maximum absolute atomic E-state index is 12.9. The summed E-state index contributed by atoms with van der Waals surface area (Å²) in [6, 6.07) is 29.2. The molecular weight excluding hydrogens is 612 g/mol. The summed E-state index contributed by atoms with van der Waals surface area (Å²) in [5.74, 6) is 0.911. The first-order chi connectivity index (χ1) is 22.6. The average Bonchev–Trinajstić information content (AvgIpc) is 3.26. The Hall–Kier alpha value is -4.58. The highest BCUT2D eigenvalue weighted by Crippen LogP contribution is 2.57. The van der Waals surface area contributed by atoms with Crippen LogP contribution in [0.4, 0.5) is 9.59 Å². The fourth-order valence-electron chi connectivity index (χ4n) is 6.62. The Labute approximate surface area is 291 Å². The lowest BCUT2D eigenvalue weighted by Gasteiger charge is -2.36. The van der Waals surface area contributed by atoms with Gasteiger partial charge < -0.3 is 18.9 Å². The number of rotatable bonds is 4. The van der Waals surface area contributed by atoms with Crippen molar-refractivity contribution in [2.45, 2.75) is 111 Å². The van der Waals surface area contributed by atoms with E-state index in [9.17, 15) is 9.59 Å². The minimum absolute atomic E-state index is 0.381. The van der Waals surface area contributed by atoms with Crippen LogP contribution in [0.5, 0.6) is 11.5 Å². The first kappa shape index (κ1) is 35.7. The third-order valence-corrected chi connectivity index (χ3v) is 8.56. The van der Waals surface area contributed by atoms with Crippen molar-refractivity contribution in [3.8, 4) is 22.6 Å². The zero-order valence-corrected chi connectivity index (χ0v) is 31.0. The zero-order chi connectivity index (χ0) is 36.2. The minimum Gasteiger partial charge on any atom is -0.428 e. The zero-order valence-electron chi connectivity index (χ0n) is 31.0. The first-order valence-corrected chi connectivity index (χ1v) is 16.9. The van der Waals surface area contributed by atoms with Crippen molar-refractivity contribution in [3.63, 3.8) is 0 Å². The summed E-state index contributed by atoms with van der Waals surface area (Å²) in [5, 5.41) is 0. The second-order valence-corrected chi connectivity index (χ2v) is 16.9. The predicted molar refractivity (Wildman–Crippen MR) is 195 cm³/mol. The summed E-state index contributed by atoms with van der Waals surface area (Å²) in [6.45, 7) is 23.5. The van der Waals surface area contributed by atoms with Gasteiger partial charge in [0.05, 0.1) is 5.41 Å². The Morgan fingerprint density at radius 2 is 0.837 bits per heavy atom. The second-order valence-electron chi connectivity index (χ2n) is 16.9. The van der Waals surface area contributed by atoms with Crippen LogP contribution in [0.15, 0.2) is 84.9 Å². The molecule has 6 nitrogen and oxygen atoms in total. The standard InChI is InChI=1S/C43H50O6/c1-39(2,3)33-25-27(21-23-35(33)46-37(44)48-41(7,8)9)43(31-19-15-13-17-29(31)30-18-14-16-20-32(30)43)28-22-24-36(34(26-28)40(4,5)6)47-38(45)49-42(10,11)12/h13-26H,1-12H3. The van der Waals surface area contributed by atoms with Gasteiger partial charge in [0, 0.05) is 11.1 Å². The van der Waals surface area contributed by atoms with Gasteiger partial charge in [0.25, 0.3) is 0 Å². The van der Waals surface area contributed by atoms with E-state index in [2.05, 4.69) is 114 Å². The Balaban J connectivity index is 1.80. The van der Waals surface area contributed by atoms with E-state index in [1.54, 1.807) is 0 Å². The van der Waals surface area contributed by atoms with E-state index in [0.717, 1.165) is 44.5 Å². The molecule has 0 fully saturated rings. The molecule has 4 aromatic rings. The smallest absolute Gasteiger partial charge is 0.428 e. The van der Waals surface area contributed by atoms with Crippen LogP contribution in [0, 0.1) is 0 Å². The van der Waals surface area contributed by atoms with Crippen LogP contribution in [0.1, 0.15) is 116 Å². The van der Waals surface area contributed by atoms with Gasteiger partial charge in [0.1, 0.15) is 22.7 Å². The maximum Gasteiger partial charge on any atom is 0.514 e. The predicted octanol–water partition coefficient (Wildman–Crippen LogP) is 11.3. The molecule has 258 valence electrons. The van der Waals surface area contributed by atoms with E-state index >= 15 is 0 Å². The van der Waals surface area contributed by atoms with Gasteiger partial charge in [-0.3, -0.25) is 0 Å². The largest absolute Gasteiger partial charge is 0.514 e. The monoisotopic (exact) mass is 662 g/mol. The quantitative estimate of drug-likeness (QED) is 0.141. The lowest BCUT2D eigenvalue weighted by atomic mass is 9.66. The molecular formula is C43H50O6. The van der Waals surface area contributed by atoms with Crippen LogP contribution in [0.3, 0.4) is 0 Å². The van der Waals surface area contributed by atoms with Crippen LogP contribution < -0.4 is 9.47 Å². The van der Waals surface area contributed by atoms with Crippen molar-refractivity contribution in [3.05, 3.63) is 118 Å². The highest BCUT2D eigenvalue weighted by Gasteiger charge is 2.47. The van der Waals surface area contributed by atoms with Crippen molar-refractivity contribution in [1.82, 2.24) is 0 Å². The van der Waals surface area contributed by atoms with Gasteiger partial charge in [-0.15, -0.1) is 0 Å². The van der Waals surface area contributed by atoms with Gasteiger partial charge in [-0.1, -0.05) is 102 Å². The third kappa shape index (κ3) is 7.24. The molecule has 0 radical (unpaired) electrons. The molecule has 0 spiro atoms. The van der Waals surface area contributed by atoms with Gasteiger partial charge in [0.15, 0.2) is 0 Å². The van der Waals surface area contributed by atoms with Crippen molar-refractivity contribution in [2.75, 3.05) is 0 Å². The number of carbonyl (C=O) groups is 2. The molecule has 0 N–H and O–H groups in total. The summed E-state index contributed by atoms with van der Waals surface area (Å²) in [5.41, 5.74) is 5.47. The highest BCUT2D eigenvalue weighted by molar-refractivity contribution is 5.86. The Morgan fingerprint density at radius 1 is 0.490 bits per heavy atom. The molecule has 4 aromatic carbocycles. The van der Waals surface area contributed by atoms with Crippen LogP contribution in [0.2, 0.25) is 0 Å². The first-order valence-electron chi connectivity index (χ1n) is 16.9. The highest BCUT2D eigenvalue weighted by atomic mass is 16.7. The number of benzene rings is 4. The van der Waals surface area contributed by atoms with Gasteiger partial charge in [-0.2, -0.15) is 0 Å². The third-order valence-electron chi connectivity index (χ3n) is 8.56. The van der Waals surface area contributed by atoms with Gasteiger partial charge in [0.2, 0.25) is 0 Å². The lowest BCUT2D eigenvalue weighted by Crippen LogP contribution is -2.31. The van der Waals surface area contributed by atoms with E-state index in [1.165, 1.54) is 0 Å². The fourth-order valence-corrected chi connectivity index (χ4v) is 6.62. The van der Waals surface area contributed by atoms with Crippen LogP contribution in [-0.4, -0.2) is 23.5 Å². The topological polar surface area (TPSA) is 71.1 Å². The van der Waals surface area contributed by atoms with E-state index in [1.807, 2.05) is 53.7 Å². The summed E-state index contributed by atoms with van der Waals surface area (Å²) in [6.07, 6.45) is -1.49. The van der Waals surface area contributed by atoms with Gasteiger partial charge in [-0.05, 0) is 110 Å². The van der Waals surface area contributed by atoms with Crippen molar-refractivity contribution in [1.29, 1.82) is 0 Å². The Bertz CT molecular complexity index is 1750. The molecule has 49 heavy (non-hydrogen) atoms. The molecule has 0 bridgehead atoms. The molecule has 0 atom stereocenters. The van der Waals surface area contributed by atoms with Crippen molar-refractivity contribution < 1.29 is 28.5 Å². The SMILES string of the molecule is CC(C)(C)OC(=O)Oc1ccc(C2(c3ccc(OC(=O)OC(C)(C)C)c(C(C)(C)C)c3)c3ccccc3-c3ccccc32)cc1C(C)(C)C. The summed E-state index contributed by atoms with van der Waals surface area (Å²) >= 11 is 0. The van der Waals surface area contributed by atoms with E-state index in [0.29, 0.717) is 11.5 Å². The number of hydrogen-bond acceptors (Lipinski definition) is 6. The minimum atomic E-state index is -0.748. The fraction of sp³-hybridized carbons (Fsp3) is 0.395. The average molecular weight is 663 g/mol. The van der Waals surface area contributed by atoms with E-state index < -0.39 is 28.9 Å². The number of ether oxygens (including phenoxy) is 4. The Kier molecular flexibility index (Phi) is 9.03. The maximum atomic E-state index is 12.9. The van der Waals surface area contributed by atoms with Gasteiger partial charge in [-0.25, -0.2) is 9.59 Å². The molecule has 0 aliphatic heterocycles. The van der Waals surface area contributed by atoms with Crippen LogP contribution in [0.25, 0.3) is 11.1 Å². The summed E-state index contributed by atoms with van der Waals surface area (Å²) in [4.78, 5) is 25.8. The molecule has 1 aliphatic rings. The molecule has 1 aliphatic carbocycles. The van der Waals surface area contributed by atoms with Crippen molar-refractivity contribution in [2.24, 2.45) is 0 Å². The van der Waals surface area contributed by atoms with Gasteiger partial charge >= 0.3 is 12.3 Å². The molecule has 0 saturated carbocycles. The summed E-state index contributed by atoms with van der Waals surface area (Å²) < 4.78 is 22.8. The Morgan fingerprint density at radius 3 is 1.16 bits per heavy atom. The lowest BCUT2D eigenvalue weighted by molar-refractivity contribution is 0.0189.